The van der Waals surface area contributed by atoms with Crippen LogP contribution in [0.15, 0.2) is 24.4 Å². The summed E-state index contributed by atoms with van der Waals surface area (Å²) in [6.07, 6.45) is 1.85. The number of hydrogen-bond acceptors (Lipinski definition) is 3. The summed E-state index contributed by atoms with van der Waals surface area (Å²) in [6.45, 7) is 3.23. The summed E-state index contributed by atoms with van der Waals surface area (Å²) < 4.78 is 13.3. The molecule has 26 heavy (non-hydrogen) atoms. The number of carboxylic acids is 1. The molecule has 0 aliphatic heterocycles. The highest BCUT2D eigenvalue weighted by Crippen LogP contribution is 2.20. The van der Waals surface area contributed by atoms with E-state index in [4.69, 9.17) is 5.11 Å². The third kappa shape index (κ3) is 5.30. The Balaban J connectivity index is 2.09. The maximum absolute atomic E-state index is 13.3. The van der Waals surface area contributed by atoms with Gasteiger partial charge in [-0.3, -0.25) is 14.4 Å². The number of halogens is 1. The van der Waals surface area contributed by atoms with Crippen LogP contribution in [0.2, 0.25) is 0 Å². The topological polar surface area (TPSA) is 111 Å². The lowest BCUT2D eigenvalue weighted by Crippen LogP contribution is -2.48. The lowest BCUT2D eigenvalue weighted by molar-refractivity contribution is -0.138. The highest BCUT2D eigenvalue weighted by molar-refractivity contribution is 5.89. The van der Waals surface area contributed by atoms with Crippen LogP contribution in [0.5, 0.6) is 0 Å². The van der Waals surface area contributed by atoms with E-state index in [0.717, 1.165) is 10.9 Å². The average Bonchev–Trinajstić information content (AvgIpc) is 2.93. The SMILES string of the molecule is CC(=O)NC(Cc1c[nH]c2cc(F)ccc12)C(=O)NCC(C)CC(=O)O. The Morgan fingerprint density at radius 1 is 1.31 bits per heavy atom. The van der Waals surface area contributed by atoms with Gasteiger partial charge in [0.05, 0.1) is 0 Å². The number of aromatic amines is 1. The molecule has 4 N–H and O–H groups in total. The fourth-order valence-corrected chi connectivity index (χ4v) is 2.77. The van der Waals surface area contributed by atoms with Crippen LogP contribution in [0, 0.1) is 11.7 Å². The van der Waals surface area contributed by atoms with E-state index >= 15 is 0 Å². The van der Waals surface area contributed by atoms with E-state index in [9.17, 15) is 18.8 Å². The molecule has 0 bridgehead atoms. The van der Waals surface area contributed by atoms with Crippen LogP contribution >= 0.6 is 0 Å². The monoisotopic (exact) mass is 363 g/mol. The standard InChI is InChI=1S/C18H22FN3O4/c1-10(5-17(24)25)8-21-18(26)16(22-11(2)23)6-12-9-20-15-7-13(19)3-4-14(12)15/h3-4,7,9-10,16,20H,5-6,8H2,1-2H3,(H,21,26)(H,22,23)(H,24,25). The van der Waals surface area contributed by atoms with Gasteiger partial charge in [0.25, 0.3) is 0 Å². The Morgan fingerprint density at radius 2 is 2.04 bits per heavy atom. The maximum Gasteiger partial charge on any atom is 0.303 e. The van der Waals surface area contributed by atoms with Crippen molar-refractivity contribution in [2.24, 2.45) is 5.92 Å². The van der Waals surface area contributed by atoms with Crippen LogP contribution in [0.3, 0.4) is 0 Å². The summed E-state index contributed by atoms with van der Waals surface area (Å²) >= 11 is 0. The first kappa shape index (κ1) is 19.4. The molecule has 1 heterocycles. The smallest absolute Gasteiger partial charge is 0.303 e. The van der Waals surface area contributed by atoms with Crippen molar-refractivity contribution in [2.75, 3.05) is 6.54 Å². The second-order valence-electron chi connectivity index (χ2n) is 6.41. The maximum atomic E-state index is 13.3. The van der Waals surface area contributed by atoms with Crippen molar-refractivity contribution >= 4 is 28.7 Å². The Morgan fingerprint density at radius 3 is 2.69 bits per heavy atom. The van der Waals surface area contributed by atoms with Crippen molar-refractivity contribution in [3.63, 3.8) is 0 Å². The molecule has 2 unspecified atom stereocenters. The molecule has 8 heteroatoms. The van der Waals surface area contributed by atoms with Gasteiger partial charge in [-0.1, -0.05) is 6.92 Å². The van der Waals surface area contributed by atoms with E-state index in [1.807, 2.05) is 0 Å². The summed E-state index contributed by atoms with van der Waals surface area (Å²) in [5.74, 6) is -2.28. The molecule has 0 saturated carbocycles. The lowest BCUT2D eigenvalue weighted by atomic mass is 10.0. The zero-order chi connectivity index (χ0) is 19.3. The van der Waals surface area contributed by atoms with Gasteiger partial charge in [-0.05, 0) is 29.7 Å². The van der Waals surface area contributed by atoms with Crippen LogP contribution in [-0.2, 0) is 20.8 Å². The van der Waals surface area contributed by atoms with E-state index < -0.39 is 17.9 Å². The van der Waals surface area contributed by atoms with Gasteiger partial charge in [0.1, 0.15) is 11.9 Å². The second-order valence-corrected chi connectivity index (χ2v) is 6.41. The molecule has 2 rings (SSSR count). The molecule has 0 saturated heterocycles. The molecular formula is C18H22FN3O4. The average molecular weight is 363 g/mol. The number of benzene rings is 1. The minimum atomic E-state index is -0.934. The molecule has 0 aliphatic carbocycles. The summed E-state index contributed by atoms with van der Waals surface area (Å²) in [5, 5.41) is 14.8. The minimum Gasteiger partial charge on any atom is -0.481 e. The van der Waals surface area contributed by atoms with E-state index in [1.54, 1.807) is 19.2 Å². The minimum absolute atomic E-state index is 0.0565. The predicted molar refractivity (Wildman–Crippen MR) is 94.0 cm³/mol. The largest absolute Gasteiger partial charge is 0.481 e. The molecule has 2 amide bonds. The molecule has 1 aromatic carbocycles. The Bertz CT molecular complexity index is 818. The summed E-state index contributed by atoms with van der Waals surface area (Å²) in [4.78, 5) is 37.5. The third-order valence-electron chi connectivity index (χ3n) is 4.00. The van der Waals surface area contributed by atoms with Gasteiger partial charge in [-0.2, -0.15) is 0 Å². The summed E-state index contributed by atoms with van der Waals surface area (Å²) in [6, 6.07) is 3.50. The van der Waals surface area contributed by atoms with Gasteiger partial charge in [-0.15, -0.1) is 0 Å². The number of rotatable bonds is 8. The van der Waals surface area contributed by atoms with Crippen molar-refractivity contribution in [1.82, 2.24) is 15.6 Å². The van der Waals surface area contributed by atoms with E-state index in [2.05, 4.69) is 15.6 Å². The number of H-pyrrole nitrogens is 1. The van der Waals surface area contributed by atoms with Gasteiger partial charge >= 0.3 is 5.97 Å². The highest BCUT2D eigenvalue weighted by Gasteiger charge is 2.22. The second kappa shape index (κ2) is 8.46. The number of nitrogens with one attached hydrogen (secondary N) is 3. The number of carboxylic acid groups (broad SMARTS) is 1. The fourth-order valence-electron chi connectivity index (χ4n) is 2.77. The van der Waals surface area contributed by atoms with E-state index in [1.165, 1.54) is 19.1 Å². The first-order valence-electron chi connectivity index (χ1n) is 8.28. The van der Waals surface area contributed by atoms with Crippen LogP contribution in [0.4, 0.5) is 4.39 Å². The molecule has 1 aromatic heterocycles. The number of aromatic nitrogens is 1. The summed E-state index contributed by atoms with van der Waals surface area (Å²) in [7, 11) is 0. The van der Waals surface area contributed by atoms with Crippen molar-refractivity contribution in [1.29, 1.82) is 0 Å². The van der Waals surface area contributed by atoms with Crippen LogP contribution in [0.1, 0.15) is 25.8 Å². The number of carbonyl (C=O) groups is 3. The molecule has 0 radical (unpaired) electrons. The number of aliphatic carboxylic acids is 1. The molecule has 2 atom stereocenters. The molecule has 140 valence electrons. The van der Waals surface area contributed by atoms with Crippen LogP contribution < -0.4 is 10.6 Å². The number of hydrogen-bond donors (Lipinski definition) is 4. The molecule has 0 aliphatic rings. The van der Waals surface area contributed by atoms with Crippen molar-refractivity contribution in [2.45, 2.75) is 32.7 Å². The Hall–Kier alpha value is -2.90. The van der Waals surface area contributed by atoms with Crippen molar-refractivity contribution in [3.05, 3.63) is 35.8 Å². The third-order valence-corrected chi connectivity index (χ3v) is 4.00. The van der Waals surface area contributed by atoms with E-state index in [-0.39, 0.29) is 37.0 Å². The summed E-state index contributed by atoms with van der Waals surface area (Å²) in [5.41, 5.74) is 1.38. The van der Waals surface area contributed by atoms with Crippen LogP contribution in [-0.4, -0.2) is 40.5 Å². The first-order chi connectivity index (χ1) is 12.3. The van der Waals surface area contributed by atoms with Gasteiger partial charge in [0, 0.05) is 43.4 Å². The van der Waals surface area contributed by atoms with Gasteiger partial charge < -0.3 is 20.7 Å². The molecule has 0 spiro atoms. The Labute approximate surface area is 150 Å². The molecule has 2 aromatic rings. The van der Waals surface area contributed by atoms with Gasteiger partial charge in [-0.25, -0.2) is 4.39 Å². The van der Waals surface area contributed by atoms with E-state index in [0.29, 0.717) is 5.52 Å². The van der Waals surface area contributed by atoms with Gasteiger partial charge in [0.2, 0.25) is 11.8 Å². The highest BCUT2D eigenvalue weighted by atomic mass is 19.1. The molecular weight excluding hydrogens is 341 g/mol. The molecule has 7 nitrogen and oxygen atoms in total. The van der Waals surface area contributed by atoms with Crippen molar-refractivity contribution in [3.8, 4) is 0 Å². The number of amides is 2. The number of fused-ring (bicyclic) bond motifs is 1. The van der Waals surface area contributed by atoms with Crippen LogP contribution in [0.25, 0.3) is 10.9 Å². The lowest BCUT2D eigenvalue weighted by Gasteiger charge is -2.19. The first-order valence-corrected chi connectivity index (χ1v) is 8.28. The fraction of sp³-hybridized carbons (Fsp3) is 0.389. The number of carbonyl (C=O) groups excluding carboxylic acids is 2. The zero-order valence-corrected chi connectivity index (χ0v) is 14.6. The molecule has 0 fully saturated rings. The van der Waals surface area contributed by atoms with Crippen molar-refractivity contribution < 1.29 is 23.9 Å². The zero-order valence-electron chi connectivity index (χ0n) is 14.6. The normalized spacial score (nSPS) is 13.2. The van der Waals surface area contributed by atoms with Gasteiger partial charge in [0.15, 0.2) is 0 Å². The quantitative estimate of drug-likeness (QED) is 0.570. The predicted octanol–water partition coefficient (Wildman–Crippen LogP) is 1.58. The Kier molecular flexibility index (Phi) is 6.32.